The van der Waals surface area contributed by atoms with Gasteiger partial charge in [-0.25, -0.2) is 0 Å². The normalized spacial score (nSPS) is 21.2. The summed E-state index contributed by atoms with van der Waals surface area (Å²) in [6, 6.07) is 0. The highest BCUT2D eigenvalue weighted by Crippen LogP contribution is 2.17. The maximum atomic E-state index is 10.5. The van der Waals surface area contributed by atoms with Gasteiger partial charge in [-0.05, 0) is 0 Å². The number of rotatable bonds is 1. The fourth-order valence-corrected chi connectivity index (χ4v) is 1.30. The molecule has 0 aliphatic carbocycles. The van der Waals surface area contributed by atoms with Gasteiger partial charge in [0.15, 0.2) is 0 Å². The van der Waals surface area contributed by atoms with Gasteiger partial charge in [0.05, 0.1) is 10.8 Å². The number of hydrogen-bond acceptors (Lipinski definition) is 3. The van der Waals surface area contributed by atoms with E-state index < -0.39 is 5.91 Å². The average Bonchev–Trinajstić information content (AvgIpc) is 2.13. The Balaban J connectivity index is 2.59. The second-order valence-corrected chi connectivity index (χ2v) is 2.76. The second-order valence-electron chi connectivity index (χ2n) is 1.75. The highest BCUT2D eigenvalue weighted by atomic mass is 32.2. The van der Waals surface area contributed by atoms with Crippen LogP contribution >= 0.6 is 11.8 Å². The molecular weight excluding hydrogens is 152 g/mol. The van der Waals surface area contributed by atoms with Gasteiger partial charge in [0, 0.05) is 6.08 Å². The Kier molecular flexibility index (Phi) is 1.96. The summed E-state index contributed by atoms with van der Waals surface area (Å²) in [5, 5.41) is 3.01. The summed E-state index contributed by atoms with van der Waals surface area (Å²) in [6.45, 7) is 0. The molecule has 1 heterocycles. The molecule has 0 aromatic rings. The van der Waals surface area contributed by atoms with Crippen LogP contribution in [0.4, 0.5) is 0 Å². The van der Waals surface area contributed by atoms with E-state index in [1.165, 1.54) is 17.8 Å². The van der Waals surface area contributed by atoms with Crippen molar-refractivity contribution < 1.29 is 9.59 Å². The lowest BCUT2D eigenvalue weighted by atomic mass is 10.6. The number of carbonyl (C=O) groups excluding carboxylic acids is 2. The van der Waals surface area contributed by atoms with Crippen LogP contribution in [0, 0.1) is 0 Å². The lowest BCUT2D eigenvalue weighted by Gasteiger charge is -1.90. The van der Waals surface area contributed by atoms with Crippen molar-refractivity contribution in [3.8, 4) is 0 Å². The molecule has 1 aliphatic rings. The van der Waals surface area contributed by atoms with Crippen LogP contribution in [0.3, 0.4) is 0 Å². The van der Waals surface area contributed by atoms with Crippen LogP contribution in [0.15, 0.2) is 11.1 Å². The molecule has 1 aliphatic heterocycles. The van der Waals surface area contributed by atoms with Crippen LogP contribution in [0.1, 0.15) is 0 Å². The smallest absolute Gasteiger partial charge is 0.244 e. The minimum atomic E-state index is -0.537. The third-order valence-electron chi connectivity index (χ3n) is 0.895. The molecule has 1 rings (SSSR count). The monoisotopic (exact) mass is 158 g/mol. The van der Waals surface area contributed by atoms with Crippen molar-refractivity contribution in [3.63, 3.8) is 0 Å². The van der Waals surface area contributed by atoms with E-state index in [0.717, 1.165) is 0 Å². The number of thioether (sulfide) groups is 1. The largest absolute Gasteiger partial charge is 0.366 e. The minimum absolute atomic E-state index is 0.0856. The van der Waals surface area contributed by atoms with E-state index in [1.54, 1.807) is 0 Å². The molecule has 0 bridgehead atoms. The van der Waals surface area contributed by atoms with Crippen LogP contribution in [-0.4, -0.2) is 17.6 Å². The molecule has 3 N–H and O–H groups in total. The van der Waals surface area contributed by atoms with Gasteiger partial charge < -0.3 is 11.1 Å². The van der Waals surface area contributed by atoms with E-state index in [0.29, 0.717) is 10.8 Å². The molecule has 0 aromatic heterocycles. The predicted octanol–water partition coefficient (Wildman–Crippen LogP) is -0.824. The number of primary amides is 1. The standard InChI is InChI=1S/C5H6N2O2S/c6-3(8)1-5-7-4(9)2-10-5/h1H,2H2,(H2,6,8)(H,7,9). The highest BCUT2D eigenvalue weighted by Gasteiger charge is 2.14. The summed E-state index contributed by atoms with van der Waals surface area (Å²) < 4.78 is 0. The molecule has 2 amide bonds. The van der Waals surface area contributed by atoms with Crippen molar-refractivity contribution >= 4 is 23.6 Å². The van der Waals surface area contributed by atoms with Gasteiger partial charge >= 0.3 is 0 Å². The molecule has 5 heteroatoms. The first-order valence-electron chi connectivity index (χ1n) is 2.62. The molecule has 0 radical (unpaired) electrons. The van der Waals surface area contributed by atoms with E-state index in [2.05, 4.69) is 5.32 Å². The quantitative estimate of drug-likeness (QED) is 0.489. The Labute approximate surface area is 61.8 Å². The molecule has 54 valence electrons. The van der Waals surface area contributed by atoms with Gasteiger partial charge in [-0.3, -0.25) is 9.59 Å². The average molecular weight is 158 g/mol. The summed E-state index contributed by atoms with van der Waals surface area (Å²) in [5.74, 6) is -0.249. The molecule has 0 saturated carbocycles. The van der Waals surface area contributed by atoms with Gasteiger partial charge in [0.1, 0.15) is 0 Å². The third-order valence-corrected chi connectivity index (χ3v) is 1.83. The van der Waals surface area contributed by atoms with Crippen LogP contribution in [-0.2, 0) is 9.59 Å². The highest BCUT2D eigenvalue weighted by molar-refractivity contribution is 8.04. The van der Waals surface area contributed by atoms with E-state index in [1.807, 2.05) is 0 Å². The number of hydrogen-bond donors (Lipinski definition) is 2. The first kappa shape index (κ1) is 7.14. The Morgan fingerprint density at radius 1 is 1.80 bits per heavy atom. The zero-order chi connectivity index (χ0) is 7.56. The zero-order valence-electron chi connectivity index (χ0n) is 5.09. The van der Waals surface area contributed by atoms with E-state index in [4.69, 9.17) is 5.73 Å². The van der Waals surface area contributed by atoms with Crippen molar-refractivity contribution in [2.45, 2.75) is 0 Å². The zero-order valence-corrected chi connectivity index (χ0v) is 5.90. The van der Waals surface area contributed by atoms with Crippen LogP contribution in [0.5, 0.6) is 0 Å². The molecule has 1 saturated heterocycles. The van der Waals surface area contributed by atoms with Gasteiger partial charge in [-0.2, -0.15) is 0 Å². The molecule has 10 heavy (non-hydrogen) atoms. The molecule has 0 aromatic carbocycles. The lowest BCUT2D eigenvalue weighted by molar-refractivity contribution is -0.117. The number of amides is 2. The van der Waals surface area contributed by atoms with Crippen molar-refractivity contribution in [2.24, 2.45) is 5.73 Å². The minimum Gasteiger partial charge on any atom is -0.366 e. The number of carbonyl (C=O) groups is 2. The Bertz CT molecular complexity index is 212. The number of nitrogens with one attached hydrogen (secondary N) is 1. The maximum Gasteiger partial charge on any atom is 0.244 e. The Morgan fingerprint density at radius 2 is 2.50 bits per heavy atom. The molecule has 0 spiro atoms. The van der Waals surface area contributed by atoms with Gasteiger partial charge in [0.25, 0.3) is 0 Å². The van der Waals surface area contributed by atoms with E-state index in [9.17, 15) is 9.59 Å². The molecule has 0 unspecified atom stereocenters. The number of nitrogens with two attached hydrogens (primary N) is 1. The van der Waals surface area contributed by atoms with Crippen LogP contribution in [0.25, 0.3) is 0 Å². The SMILES string of the molecule is NC(=O)C=C1NC(=O)CS1. The molecule has 4 nitrogen and oxygen atoms in total. The fourth-order valence-electron chi connectivity index (χ4n) is 0.560. The summed E-state index contributed by atoms with van der Waals surface area (Å²) in [6.07, 6.45) is 1.20. The van der Waals surface area contributed by atoms with E-state index in [-0.39, 0.29) is 5.91 Å². The summed E-state index contributed by atoms with van der Waals surface area (Å²) in [4.78, 5) is 20.8. The van der Waals surface area contributed by atoms with Crippen LogP contribution < -0.4 is 11.1 Å². The van der Waals surface area contributed by atoms with Gasteiger partial charge in [0.2, 0.25) is 11.8 Å². The lowest BCUT2D eigenvalue weighted by Crippen LogP contribution is -2.16. The molecular formula is C5H6N2O2S. The topological polar surface area (TPSA) is 72.2 Å². The van der Waals surface area contributed by atoms with Crippen molar-refractivity contribution in [1.82, 2.24) is 5.32 Å². The van der Waals surface area contributed by atoms with Gasteiger partial charge in [-0.1, -0.05) is 11.8 Å². The Morgan fingerprint density at radius 3 is 2.90 bits per heavy atom. The first-order chi connectivity index (χ1) is 4.68. The summed E-state index contributed by atoms with van der Waals surface area (Å²) in [7, 11) is 0. The molecule has 1 fully saturated rings. The first-order valence-corrected chi connectivity index (χ1v) is 3.61. The fraction of sp³-hybridized carbons (Fsp3) is 0.200. The maximum absolute atomic E-state index is 10.5. The Hall–Kier alpha value is -0.970. The van der Waals surface area contributed by atoms with Gasteiger partial charge in [-0.15, -0.1) is 0 Å². The second kappa shape index (κ2) is 2.74. The van der Waals surface area contributed by atoms with Crippen molar-refractivity contribution in [1.29, 1.82) is 0 Å². The van der Waals surface area contributed by atoms with E-state index >= 15 is 0 Å². The predicted molar refractivity (Wildman–Crippen MR) is 37.9 cm³/mol. The third kappa shape index (κ3) is 1.77. The van der Waals surface area contributed by atoms with Crippen molar-refractivity contribution in [2.75, 3.05) is 5.75 Å². The van der Waals surface area contributed by atoms with Crippen LogP contribution in [0.2, 0.25) is 0 Å². The molecule has 0 atom stereocenters. The van der Waals surface area contributed by atoms with Crippen molar-refractivity contribution in [3.05, 3.63) is 11.1 Å². The summed E-state index contributed by atoms with van der Waals surface area (Å²) in [5.41, 5.74) is 4.84. The summed E-state index contributed by atoms with van der Waals surface area (Å²) >= 11 is 1.28.